The molecule has 1 rings (SSSR count). The molecule has 10 heteroatoms. The van der Waals surface area contributed by atoms with Crippen LogP contribution in [0.15, 0.2) is 0 Å². The van der Waals surface area contributed by atoms with Crippen LogP contribution in [0.5, 0.6) is 0 Å². The molecule has 1 fully saturated rings. The van der Waals surface area contributed by atoms with Gasteiger partial charge in [-0.05, 0) is 0 Å². The van der Waals surface area contributed by atoms with Crippen LogP contribution >= 0.6 is 0 Å². The number of hydrogen-bond acceptors (Lipinski definition) is 9. The van der Waals surface area contributed by atoms with E-state index in [0.29, 0.717) is 0 Å². The molecule has 1 aliphatic heterocycles. The minimum absolute atomic E-state index is 0.549. The summed E-state index contributed by atoms with van der Waals surface area (Å²) in [7, 11) is 0. The Morgan fingerprint density at radius 3 is 2.21 bits per heavy atom. The van der Waals surface area contributed by atoms with Crippen LogP contribution < -0.4 is 5.32 Å². The molecule has 1 amide bonds. The van der Waals surface area contributed by atoms with Crippen LogP contribution in [0.25, 0.3) is 0 Å². The van der Waals surface area contributed by atoms with E-state index in [2.05, 4.69) is 5.32 Å². The van der Waals surface area contributed by atoms with Crippen molar-refractivity contribution >= 4 is 23.8 Å². The van der Waals surface area contributed by atoms with Crippen molar-refractivity contribution in [2.24, 2.45) is 0 Å². The first-order valence-electron chi connectivity index (χ1n) is 8.88. The first kappa shape index (κ1) is 15.3. The van der Waals surface area contributed by atoms with E-state index in [1.165, 1.54) is 0 Å². The number of rotatable bonds is 5. The normalized spacial score (nSPS) is 30.9. The van der Waals surface area contributed by atoms with E-state index < -0.39 is 81.8 Å². The highest BCUT2D eigenvalue weighted by Crippen LogP contribution is 2.26. The van der Waals surface area contributed by atoms with Crippen molar-refractivity contribution in [1.29, 1.82) is 0 Å². The van der Waals surface area contributed by atoms with Crippen LogP contribution in [-0.4, -0.2) is 66.2 Å². The van der Waals surface area contributed by atoms with Gasteiger partial charge in [0.25, 0.3) is 0 Å². The first-order chi connectivity index (χ1) is 12.7. The van der Waals surface area contributed by atoms with Crippen LogP contribution in [0, 0.1) is 0 Å². The highest BCUT2D eigenvalue weighted by Gasteiger charge is 2.50. The third-order valence-corrected chi connectivity index (χ3v) is 2.98. The Hall–Kier alpha value is -2.20. The highest BCUT2D eigenvalue weighted by atomic mass is 16.7. The smallest absolute Gasteiger partial charge is 0.303 e. The van der Waals surface area contributed by atoms with Crippen LogP contribution in [0.1, 0.15) is 31.7 Å². The number of carbonyl (C=O) groups excluding carboxylic acids is 4. The molecule has 0 aromatic heterocycles. The SMILES string of the molecule is [2H]CC(=O)OC[C@H]1OC(O)[C@H](NC(C)=O)[C@@H](OC(=O)C[2H])[C@H]1OC(=O)C[2H]. The Kier molecular flexibility index (Phi) is 5.49. The molecule has 1 heterocycles. The van der Waals surface area contributed by atoms with Gasteiger partial charge in [-0.15, -0.1) is 0 Å². The van der Waals surface area contributed by atoms with Crippen molar-refractivity contribution in [2.75, 3.05) is 6.61 Å². The van der Waals surface area contributed by atoms with E-state index in [0.717, 1.165) is 6.92 Å². The molecule has 10 nitrogen and oxygen atoms in total. The lowest BCUT2D eigenvalue weighted by Crippen LogP contribution is -2.66. The molecule has 1 saturated heterocycles. The predicted octanol–water partition coefficient (Wildman–Crippen LogP) is -1.37. The summed E-state index contributed by atoms with van der Waals surface area (Å²) >= 11 is 0. The first-order valence-corrected chi connectivity index (χ1v) is 6.76. The quantitative estimate of drug-likeness (QED) is 0.454. The maximum atomic E-state index is 11.6. The van der Waals surface area contributed by atoms with E-state index in [4.69, 9.17) is 23.1 Å². The molecule has 1 unspecified atom stereocenters. The van der Waals surface area contributed by atoms with Gasteiger partial charge in [-0.1, -0.05) is 0 Å². The summed E-state index contributed by atoms with van der Waals surface area (Å²) in [6.07, 6.45) is -5.94. The van der Waals surface area contributed by atoms with E-state index >= 15 is 0 Å². The molecular formula is C14H21NO9. The Balaban J connectivity index is 3.15. The minimum atomic E-state index is -1.72. The second-order valence-electron chi connectivity index (χ2n) is 4.88. The summed E-state index contributed by atoms with van der Waals surface area (Å²) < 4.78 is 41.1. The summed E-state index contributed by atoms with van der Waals surface area (Å²) in [6, 6.07) is -1.34. The third kappa shape index (κ3) is 5.78. The van der Waals surface area contributed by atoms with Gasteiger partial charge in [0.1, 0.15) is 18.8 Å². The second-order valence-corrected chi connectivity index (χ2v) is 4.88. The van der Waals surface area contributed by atoms with Gasteiger partial charge in [-0.25, -0.2) is 0 Å². The van der Waals surface area contributed by atoms with E-state index in [-0.39, 0.29) is 0 Å². The Labute approximate surface area is 142 Å². The molecule has 0 aliphatic carbocycles. The van der Waals surface area contributed by atoms with Crippen molar-refractivity contribution in [2.45, 2.75) is 58.3 Å². The fourth-order valence-electron chi connectivity index (χ4n) is 2.20. The summed E-state index contributed by atoms with van der Waals surface area (Å²) in [5, 5.41) is 12.4. The lowest BCUT2D eigenvalue weighted by Gasteiger charge is -2.43. The van der Waals surface area contributed by atoms with Gasteiger partial charge in [0.05, 0.1) is 0 Å². The Morgan fingerprint density at radius 1 is 1.08 bits per heavy atom. The average molecular weight is 350 g/mol. The molecule has 5 atom stereocenters. The largest absolute Gasteiger partial charge is 0.463 e. The molecule has 0 aromatic carbocycles. The van der Waals surface area contributed by atoms with Crippen LogP contribution in [0.3, 0.4) is 0 Å². The van der Waals surface area contributed by atoms with Crippen molar-refractivity contribution in [1.82, 2.24) is 5.32 Å². The Morgan fingerprint density at radius 2 is 1.67 bits per heavy atom. The molecule has 2 N–H and O–H groups in total. The van der Waals surface area contributed by atoms with Crippen LogP contribution in [0.2, 0.25) is 0 Å². The van der Waals surface area contributed by atoms with Crippen molar-refractivity contribution in [3.8, 4) is 0 Å². The van der Waals surface area contributed by atoms with E-state index in [1.54, 1.807) is 0 Å². The molecule has 0 radical (unpaired) electrons. The number of aliphatic hydroxyl groups is 1. The van der Waals surface area contributed by atoms with Gasteiger partial charge in [0, 0.05) is 31.7 Å². The zero-order chi connectivity index (χ0) is 20.6. The summed E-state index contributed by atoms with van der Waals surface area (Å²) in [6.45, 7) is -1.66. The van der Waals surface area contributed by atoms with Gasteiger partial charge in [0.2, 0.25) is 5.91 Å². The van der Waals surface area contributed by atoms with Gasteiger partial charge in [-0.2, -0.15) is 0 Å². The summed E-state index contributed by atoms with van der Waals surface area (Å²) in [4.78, 5) is 45.8. The molecular weight excluding hydrogens is 326 g/mol. The predicted molar refractivity (Wildman–Crippen MR) is 76.2 cm³/mol. The number of carbonyl (C=O) groups is 4. The standard InChI is InChI=1S/C14H21NO9/c1-6(16)15-11-13(23-9(4)19)12(22-8(3)18)10(24-14(11)20)5-21-7(2)17/h10-14,20H,5H2,1-4H3,(H,15,16)/t10-,11-,12+,13-,14?/m1/s1/i2D,3D,4D. The highest BCUT2D eigenvalue weighted by molar-refractivity contribution is 5.73. The van der Waals surface area contributed by atoms with E-state index in [9.17, 15) is 24.3 Å². The third-order valence-electron chi connectivity index (χ3n) is 2.98. The maximum absolute atomic E-state index is 11.6. The molecule has 0 bridgehead atoms. The zero-order valence-corrected chi connectivity index (χ0v) is 12.9. The molecule has 0 spiro atoms. The summed E-state index contributed by atoms with van der Waals surface area (Å²) in [5.74, 6) is -3.58. The fraction of sp³-hybridized carbons (Fsp3) is 0.714. The average Bonchev–Trinajstić information content (AvgIpc) is 2.64. The van der Waals surface area contributed by atoms with Crippen LogP contribution in [-0.2, 0) is 38.1 Å². The number of esters is 3. The van der Waals surface area contributed by atoms with Gasteiger partial charge in [0.15, 0.2) is 18.5 Å². The number of aliphatic hydroxyl groups excluding tert-OH is 1. The number of ether oxygens (including phenoxy) is 4. The summed E-state index contributed by atoms with van der Waals surface area (Å²) in [5.41, 5.74) is 0. The minimum Gasteiger partial charge on any atom is -0.463 e. The van der Waals surface area contributed by atoms with Crippen LogP contribution in [0.4, 0.5) is 0 Å². The van der Waals surface area contributed by atoms with Crippen molar-refractivity contribution < 1.29 is 47.3 Å². The number of hydrogen-bond donors (Lipinski definition) is 2. The monoisotopic (exact) mass is 350 g/mol. The van der Waals surface area contributed by atoms with Gasteiger partial charge < -0.3 is 29.4 Å². The molecule has 0 saturated carbocycles. The molecule has 1 aliphatic rings. The topological polar surface area (TPSA) is 137 Å². The van der Waals surface area contributed by atoms with Crippen molar-refractivity contribution in [3.63, 3.8) is 0 Å². The lowest BCUT2D eigenvalue weighted by molar-refractivity contribution is -0.264. The molecule has 24 heavy (non-hydrogen) atoms. The van der Waals surface area contributed by atoms with Crippen molar-refractivity contribution in [3.05, 3.63) is 0 Å². The zero-order valence-electron chi connectivity index (χ0n) is 15.9. The Bertz CT molecular complexity index is 562. The second kappa shape index (κ2) is 8.60. The lowest BCUT2D eigenvalue weighted by atomic mass is 9.96. The fourth-order valence-corrected chi connectivity index (χ4v) is 2.20. The number of amides is 1. The molecule has 0 aromatic rings. The maximum Gasteiger partial charge on any atom is 0.303 e. The van der Waals surface area contributed by atoms with E-state index in [1.807, 2.05) is 0 Å². The van der Waals surface area contributed by atoms with Gasteiger partial charge >= 0.3 is 17.9 Å². The molecule has 136 valence electrons. The number of nitrogens with one attached hydrogen (secondary N) is 1. The van der Waals surface area contributed by atoms with Gasteiger partial charge in [-0.3, -0.25) is 19.2 Å².